The van der Waals surface area contributed by atoms with Gasteiger partial charge in [-0.2, -0.15) is 0 Å². The predicted octanol–water partition coefficient (Wildman–Crippen LogP) is 3.67. The van der Waals surface area contributed by atoms with Crippen LogP contribution in [0.15, 0.2) is 53.5 Å². The van der Waals surface area contributed by atoms with Crippen molar-refractivity contribution >= 4 is 23.2 Å². The van der Waals surface area contributed by atoms with E-state index in [1.54, 1.807) is 31.4 Å². The number of ether oxygens (including phenoxy) is 1. The fraction of sp³-hybridized carbons (Fsp3) is 0.118. The maximum Gasteiger partial charge on any atom is 0.285 e. The van der Waals surface area contributed by atoms with E-state index in [1.165, 1.54) is 10.9 Å². The number of nitrogens with zero attached hydrogens (tertiary/aromatic N) is 3. The van der Waals surface area contributed by atoms with Crippen molar-refractivity contribution in [1.82, 2.24) is 14.8 Å². The van der Waals surface area contributed by atoms with E-state index in [0.717, 1.165) is 11.1 Å². The van der Waals surface area contributed by atoms with Gasteiger partial charge >= 0.3 is 0 Å². The van der Waals surface area contributed by atoms with E-state index in [1.807, 2.05) is 18.2 Å². The fourth-order valence-electron chi connectivity index (χ4n) is 2.19. The molecule has 0 fully saturated rings. The monoisotopic (exact) mass is 361 g/mol. The fourth-order valence-corrected chi connectivity index (χ4v) is 2.66. The van der Waals surface area contributed by atoms with E-state index >= 15 is 0 Å². The van der Waals surface area contributed by atoms with Crippen LogP contribution in [-0.4, -0.2) is 21.9 Å². The lowest BCUT2D eigenvalue weighted by Gasteiger charge is -2.09. The molecule has 0 N–H and O–H groups in total. The van der Waals surface area contributed by atoms with Crippen LogP contribution >= 0.6 is 23.2 Å². The third-order valence-electron chi connectivity index (χ3n) is 3.43. The zero-order chi connectivity index (χ0) is 17.1. The number of halogens is 2. The molecule has 1 aromatic heterocycles. The van der Waals surface area contributed by atoms with Gasteiger partial charge in [0.15, 0.2) is 5.82 Å². The number of methoxy groups -OCH3 is 1. The molecule has 0 unspecified atom stereocenters. The molecular weight excluding hydrogens is 349 g/mol. The summed E-state index contributed by atoms with van der Waals surface area (Å²) in [6, 6.07) is 12.4. The highest BCUT2D eigenvalue weighted by atomic mass is 35.5. The molecular formula is C17H13Cl2N3O2. The summed E-state index contributed by atoms with van der Waals surface area (Å²) >= 11 is 12.1. The Morgan fingerprint density at radius 3 is 2.75 bits per heavy atom. The molecule has 3 rings (SSSR count). The molecule has 7 heteroatoms. The average molecular weight is 362 g/mol. The molecule has 3 aromatic rings. The van der Waals surface area contributed by atoms with Crippen LogP contribution in [0.3, 0.4) is 0 Å². The number of rotatable bonds is 4. The van der Waals surface area contributed by atoms with Crippen LogP contribution in [0.5, 0.6) is 5.75 Å². The van der Waals surface area contributed by atoms with Crippen LogP contribution in [-0.2, 0) is 6.54 Å². The number of aromatic nitrogens is 3. The maximum atomic E-state index is 12.1. The Hall–Kier alpha value is -2.37. The molecule has 5 nitrogen and oxygen atoms in total. The Balaban J connectivity index is 1.98. The SMILES string of the molecule is COc1cccc(-c2ncc(=O)n(Cc3ccc(Cl)cc3Cl)n2)c1. The van der Waals surface area contributed by atoms with Gasteiger partial charge in [-0.1, -0.05) is 41.4 Å². The van der Waals surface area contributed by atoms with Crippen molar-refractivity contribution in [3.05, 3.63) is 74.6 Å². The van der Waals surface area contributed by atoms with Crippen molar-refractivity contribution in [1.29, 1.82) is 0 Å². The van der Waals surface area contributed by atoms with Gasteiger partial charge in [0.1, 0.15) is 5.75 Å². The van der Waals surface area contributed by atoms with Gasteiger partial charge in [-0.05, 0) is 29.8 Å². The molecule has 0 aliphatic rings. The minimum atomic E-state index is -0.312. The Bertz CT molecular complexity index is 941. The summed E-state index contributed by atoms with van der Waals surface area (Å²) in [5, 5.41) is 5.34. The van der Waals surface area contributed by atoms with E-state index in [0.29, 0.717) is 21.6 Å². The third kappa shape index (κ3) is 3.58. The smallest absolute Gasteiger partial charge is 0.285 e. The minimum absolute atomic E-state index is 0.230. The summed E-state index contributed by atoms with van der Waals surface area (Å²) in [5.74, 6) is 1.12. The van der Waals surface area contributed by atoms with Crippen molar-refractivity contribution < 1.29 is 4.74 Å². The zero-order valence-electron chi connectivity index (χ0n) is 12.7. The number of hydrogen-bond acceptors (Lipinski definition) is 4. The molecule has 0 spiro atoms. The highest BCUT2D eigenvalue weighted by Gasteiger charge is 2.09. The second-order valence-corrected chi connectivity index (χ2v) is 5.89. The standard InChI is InChI=1S/C17H13Cl2N3O2/c1-24-14-4-2-3-11(7-14)17-20-9-16(23)22(21-17)10-12-5-6-13(18)8-15(12)19/h2-9H,10H2,1H3. The van der Waals surface area contributed by atoms with Crippen molar-refractivity contribution in [2.24, 2.45) is 0 Å². The van der Waals surface area contributed by atoms with Crippen LogP contribution in [0, 0.1) is 0 Å². The van der Waals surface area contributed by atoms with Crippen LogP contribution in [0.4, 0.5) is 0 Å². The van der Waals surface area contributed by atoms with Gasteiger partial charge < -0.3 is 4.74 Å². The molecule has 0 amide bonds. The van der Waals surface area contributed by atoms with Crippen LogP contribution < -0.4 is 10.3 Å². The summed E-state index contributed by atoms with van der Waals surface area (Å²) in [6.45, 7) is 0.230. The summed E-state index contributed by atoms with van der Waals surface area (Å²) in [4.78, 5) is 16.2. The van der Waals surface area contributed by atoms with Gasteiger partial charge in [0.05, 0.1) is 19.9 Å². The third-order valence-corrected chi connectivity index (χ3v) is 4.02. The van der Waals surface area contributed by atoms with E-state index in [4.69, 9.17) is 27.9 Å². The Morgan fingerprint density at radius 2 is 2.00 bits per heavy atom. The number of benzene rings is 2. The van der Waals surface area contributed by atoms with Gasteiger partial charge in [0, 0.05) is 15.6 Å². The first-order valence-corrected chi connectivity index (χ1v) is 7.85. The molecule has 0 atom stereocenters. The average Bonchev–Trinajstić information content (AvgIpc) is 2.59. The Morgan fingerprint density at radius 1 is 1.17 bits per heavy atom. The first-order valence-electron chi connectivity index (χ1n) is 7.09. The molecule has 0 bridgehead atoms. The molecule has 0 aliphatic heterocycles. The lowest BCUT2D eigenvalue weighted by atomic mass is 10.2. The summed E-state index contributed by atoms with van der Waals surface area (Å²) in [7, 11) is 1.59. The Kier molecular flexibility index (Phi) is 4.83. The molecule has 0 radical (unpaired) electrons. The normalized spacial score (nSPS) is 10.6. The molecule has 122 valence electrons. The lowest BCUT2D eigenvalue weighted by Crippen LogP contribution is -2.24. The van der Waals surface area contributed by atoms with Gasteiger partial charge in [-0.25, -0.2) is 9.67 Å². The minimum Gasteiger partial charge on any atom is -0.497 e. The summed E-state index contributed by atoms with van der Waals surface area (Å²) in [6.07, 6.45) is 1.24. The second kappa shape index (κ2) is 7.03. The van der Waals surface area contributed by atoms with Crippen LogP contribution in [0.1, 0.15) is 5.56 Å². The topological polar surface area (TPSA) is 57.0 Å². The lowest BCUT2D eigenvalue weighted by molar-refractivity contribution is 0.415. The van der Waals surface area contributed by atoms with Gasteiger partial charge in [-0.15, -0.1) is 5.10 Å². The van der Waals surface area contributed by atoms with Crippen molar-refractivity contribution in [2.75, 3.05) is 7.11 Å². The van der Waals surface area contributed by atoms with Crippen LogP contribution in [0.2, 0.25) is 10.0 Å². The van der Waals surface area contributed by atoms with E-state index in [9.17, 15) is 4.79 Å². The predicted molar refractivity (Wildman–Crippen MR) is 93.8 cm³/mol. The molecule has 24 heavy (non-hydrogen) atoms. The quantitative estimate of drug-likeness (QED) is 0.711. The number of hydrogen-bond donors (Lipinski definition) is 0. The molecule has 1 heterocycles. The van der Waals surface area contributed by atoms with E-state index in [2.05, 4.69) is 10.1 Å². The van der Waals surface area contributed by atoms with Crippen molar-refractivity contribution in [2.45, 2.75) is 6.54 Å². The van der Waals surface area contributed by atoms with E-state index < -0.39 is 0 Å². The van der Waals surface area contributed by atoms with Gasteiger partial charge in [0.25, 0.3) is 5.56 Å². The highest BCUT2D eigenvalue weighted by molar-refractivity contribution is 6.35. The largest absolute Gasteiger partial charge is 0.497 e. The van der Waals surface area contributed by atoms with Crippen molar-refractivity contribution in [3.63, 3.8) is 0 Å². The Labute approximate surface area is 148 Å². The van der Waals surface area contributed by atoms with Gasteiger partial charge in [-0.3, -0.25) is 4.79 Å². The van der Waals surface area contributed by atoms with E-state index in [-0.39, 0.29) is 12.1 Å². The molecule has 2 aromatic carbocycles. The maximum absolute atomic E-state index is 12.1. The first-order chi connectivity index (χ1) is 11.6. The molecule has 0 aliphatic carbocycles. The van der Waals surface area contributed by atoms with Crippen molar-refractivity contribution in [3.8, 4) is 17.1 Å². The van der Waals surface area contributed by atoms with Crippen LogP contribution in [0.25, 0.3) is 11.4 Å². The summed E-state index contributed by atoms with van der Waals surface area (Å²) < 4.78 is 6.52. The second-order valence-electron chi connectivity index (χ2n) is 5.05. The summed E-state index contributed by atoms with van der Waals surface area (Å²) in [5.41, 5.74) is 1.19. The van der Waals surface area contributed by atoms with Gasteiger partial charge in [0.2, 0.25) is 0 Å². The zero-order valence-corrected chi connectivity index (χ0v) is 14.3. The highest BCUT2D eigenvalue weighted by Crippen LogP contribution is 2.22. The molecule has 0 saturated carbocycles. The molecule has 0 saturated heterocycles. The first kappa shape index (κ1) is 16.5.